The van der Waals surface area contributed by atoms with Gasteiger partial charge in [-0.1, -0.05) is 15.9 Å². The number of halogens is 1. The van der Waals surface area contributed by atoms with Crippen LogP contribution in [-0.2, 0) is 13.1 Å². The summed E-state index contributed by atoms with van der Waals surface area (Å²) >= 11 is 5.15. The van der Waals surface area contributed by atoms with Gasteiger partial charge in [-0.2, -0.15) is 0 Å². The second-order valence-corrected chi connectivity index (χ2v) is 5.90. The van der Waals surface area contributed by atoms with Crippen LogP contribution in [0, 0.1) is 6.92 Å². The van der Waals surface area contributed by atoms with E-state index in [-0.39, 0.29) is 0 Å². The van der Waals surface area contributed by atoms with E-state index in [1.165, 1.54) is 0 Å². The molecule has 18 heavy (non-hydrogen) atoms. The molecular weight excluding hydrogens is 312 g/mol. The Labute approximate surface area is 119 Å². The standard InChI is InChI=1S/C13H15BrN2OS/c1-9-16-12(8-18-9)7-15-6-10-5-11(14)3-4-13(10)17-2/h3-5,8,15H,6-7H2,1-2H3. The second-order valence-electron chi connectivity index (χ2n) is 3.92. The molecule has 1 heterocycles. The van der Waals surface area contributed by atoms with Gasteiger partial charge in [0.2, 0.25) is 0 Å². The topological polar surface area (TPSA) is 34.1 Å². The lowest BCUT2D eigenvalue weighted by Crippen LogP contribution is -2.13. The Hall–Kier alpha value is -0.910. The van der Waals surface area contributed by atoms with E-state index in [9.17, 15) is 0 Å². The van der Waals surface area contributed by atoms with Crippen LogP contribution in [0.15, 0.2) is 28.1 Å². The highest BCUT2D eigenvalue weighted by Gasteiger charge is 2.04. The van der Waals surface area contributed by atoms with Crippen LogP contribution in [0.4, 0.5) is 0 Å². The minimum absolute atomic E-state index is 0.763. The van der Waals surface area contributed by atoms with E-state index < -0.39 is 0 Å². The molecule has 1 N–H and O–H groups in total. The number of ether oxygens (including phenoxy) is 1. The maximum atomic E-state index is 5.33. The monoisotopic (exact) mass is 326 g/mol. The molecule has 0 fully saturated rings. The van der Waals surface area contributed by atoms with E-state index in [4.69, 9.17) is 4.74 Å². The first-order valence-electron chi connectivity index (χ1n) is 5.63. The first-order valence-corrected chi connectivity index (χ1v) is 7.30. The van der Waals surface area contributed by atoms with Crippen molar-refractivity contribution in [2.75, 3.05) is 7.11 Å². The Kier molecular flexibility index (Phi) is 4.74. The number of nitrogens with zero attached hydrogens (tertiary/aromatic N) is 1. The summed E-state index contributed by atoms with van der Waals surface area (Å²) in [5, 5.41) is 6.56. The van der Waals surface area contributed by atoms with Crippen molar-refractivity contribution < 1.29 is 4.74 Å². The van der Waals surface area contributed by atoms with Crippen LogP contribution in [0.5, 0.6) is 5.75 Å². The summed E-state index contributed by atoms with van der Waals surface area (Å²) in [6.07, 6.45) is 0. The van der Waals surface area contributed by atoms with Crippen molar-refractivity contribution in [3.63, 3.8) is 0 Å². The number of hydrogen-bond acceptors (Lipinski definition) is 4. The smallest absolute Gasteiger partial charge is 0.123 e. The van der Waals surface area contributed by atoms with E-state index in [0.29, 0.717) is 0 Å². The molecule has 0 saturated carbocycles. The highest BCUT2D eigenvalue weighted by atomic mass is 79.9. The van der Waals surface area contributed by atoms with E-state index >= 15 is 0 Å². The molecule has 1 aromatic carbocycles. The molecule has 0 bridgehead atoms. The van der Waals surface area contributed by atoms with Crippen molar-refractivity contribution in [2.24, 2.45) is 0 Å². The average molecular weight is 327 g/mol. The van der Waals surface area contributed by atoms with Crippen molar-refractivity contribution in [1.82, 2.24) is 10.3 Å². The fourth-order valence-electron chi connectivity index (χ4n) is 1.70. The zero-order valence-electron chi connectivity index (χ0n) is 10.4. The average Bonchev–Trinajstić information content (AvgIpc) is 2.75. The van der Waals surface area contributed by atoms with Crippen LogP contribution in [0.3, 0.4) is 0 Å². The first kappa shape index (κ1) is 13.5. The molecule has 0 spiro atoms. The third-order valence-corrected chi connectivity index (χ3v) is 3.85. The maximum Gasteiger partial charge on any atom is 0.123 e. The fourth-order valence-corrected chi connectivity index (χ4v) is 2.72. The van der Waals surface area contributed by atoms with Crippen LogP contribution in [-0.4, -0.2) is 12.1 Å². The Morgan fingerprint density at radius 3 is 2.89 bits per heavy atom. The number of aryl methyl sites for hydroxylation is 1. The van der Waals surface area contributed by atoms with Gasteiger partial charge >= 0.3 is 0 Å². The molecule has 0 atom stereocenters. The molecular formula is C13H15BrN2OS. The molecule has 1 aromatic heterocycles. The summed E-state index contributed by atoms with van der Waals surface area (Å²) in [5.41, 5.74) is 2.23. The van der Waals surface area contributed by atoms with Crippen molar-refractivity contribution in [1.29, 1.82) is 0 Å². The molecule has 0 amide bonds. The summed E-state index contributed by atoms with van der Waals surface area (Å²) in [5.74, 6) is 0.903. The van der Waals surface area contributed by atoms with Crippen LogP contribution in [0.25, 0.3) is 0 Å². The van der Waals surface area contributed by atoms with Crippen molar-refractivity contribution >= 4 is 27.3 Å². The number of rotatable bonds is 5. The second kappa shape index (κ2) is 6.31. The number of methoxy groups -OCH3 is 1. The van der Waals surface area contributed by atoms with E-state index in [1.54, 1.807) is 18.4 Å². The first-order chi connectivity index (χ1) is 8.69. The Balaban J connectivity index is 1.95. The molecule has 96 valence electrons. The molecule has 0 saturated heterocycles. The minimum atomic E-state index is 0.763. The largest absolute Gasteiger partial charge is 0.496 e. The lowest BCUT2D eigenvalue weighted by Gasteiger charge is -2.09. The van der Waals surface area contributed by atoms with Crippen LogP contribution in [0.1, 0.15) is 16.3 Å². The lowest BCUT2D eigenvalue weighted by molar-refractivity contribution is 0.407. The maximum absolute atomic E-state index is 5.33. The highest BCUT2D eigenvalue weighted by molar-refractivity contribution is 9.10. The Bertz CT molecular complexity index is 527. The lowest BCUT2D eigenvalue weighted by atomic mass is 10.2. The third-order valence-electron chi connectivity index (χ3n) is 2.53. The van der Waals surface area contributed by atoms with Crippen LogP contribution in [0.2, 0.25) is 0 Å². The third kappa shape index (κ3) is 3.54. The molecule has 0 aliphatic carbocycles. The van der Waals surface area contributed by atoms with Gasteiger partial charge in [-0.05, 0) is 25.1 Å². The Morgan fingerprint density at radius 1 is 1.39 bits per heavy atom. The van der Waals surface area contributed by atoms with Gasteiger partial charge in [0.05, 0.1) is 17.8 Å². The van der Waals surface area contributed by atoms with Gasteiger partial charge in [-0.25, -0.2) is 4.98 Å². The predicted octanol–water partition coefficient (Wildman–Crippen LogP) is 3.51. The number of benzene rings is 1. The van der Waals surface area contributed by atoms with Gasteiger partial charge in [0.15, 0.2) is 0 Å². The molecule has 0 unspecified atom stereocenters. The molecule has 5 heteroatoms. The minimum Gasteiger partial charge on any atom is -0.496 e. The van der Waals surface area contributed by atoms with Gasteiger partial charge in [0.25, 0.3) is 0 Å². The summed E-state index contributed by atoms with van der Waals surface area (Å²) in [7, 11) is 1.69. The van der Waals surface area contributed by atoms with Gasteiger partial charge in [0, 0.05) is 28.5 Å². The molecule has 2 aromatic rings. The van der Waals surface area contributed by atoms with Gasteiger partial charge in [0.1, 0.15) is 5.75 Å². The normalized spacial score (nSPS) is 10.6. The van der Waals surface area contributed by atoms with Gasteiger partial charge < -0.3 is 10.1 Å². The van der Waals surface area contributed by atoms with Gasteiger partial charge in [-0.15, -0.1) is 11.3 Å². The van der Waals surface area contributed by atoms with E-state index in [1.807, 2.05) is 19.1 Å². The fraction of sp³-hybridized carbons (Fsp3) is 0.308. The van der Waals surface area contributed by atoms with Crippen molar-refractivity contribution in [3.8, 4) is 5.75 Å². The summed E-state index contributed by atoms with van der Waals surface area (Å²) < 4.78 is 6.39. The molecule has 3 nitrogen and oxygen atoms in total. The highest BCUT2D eigenvalue weighted by Crippen LogP contribution is 2.22. The molecule has 0 aliphatic rings. The molecule has 2 rings (SSSR count). The zero-order valence-corrected chi connectivity index (χ0v) is 12.8. The van der Waals surface area contributed by atoms with Crippen molar-refractivity contribution in [3.05, 3.63) is 44.3 Å². The van der Waals surface area contributed by atoms with Crippen molar-refractivity contribution in [2.45, 2.75) is 20.0 Å². The van der Waals surface area contributed by atoms with Crippen LogP contribution < -0.4 is 10.1 Å². The van der Waals surface area contributed by atoms with Crippen LogP contribution >= 0.6 is 27.3 Å². The summed E-state index contributed by atoms with van der Waals surface area (Å²) in [6, 6.07) is 6.01. The quantitative estimate of drug-likeness (QED) is 0.912. The number of thiazole rings is 1. The molecule has 0 radical (unpaired) electrons. The van der Waals surface area contributed by atoms with Gasteiger partial charge in [-0.3, -0.25) is 0 Å². The predicted molar refractivity (Wildman–Crippen MR) is 78.1 cm³/mol. The number of nitrogens with one attached hydrogen (secondary N) is 1. The summed E-state index contributed by atoms with van der Waals surface area (Å²) in [6.45, 7) is 3.56. The SMILES string of the molecule is COc1ccc(Br)cc1CNCc1csc(C)n1. The van der Waals surface area contributed by atoms with E-state index in [2.05, 4.69) is 37.7 Å². The molecule has 0 aliphatic heterocycles. The summed E-state index contributed by atoms with van der Waals surface area (Å²) in [4.78, 5) is 4.42. The number of aromatic nitrogens is 1. The van der Waals surface area contributed by atoms with E-state index in [0.717, 1.165) is 39.6 Å². The zero-order chi connectivity index (χ0) is 13.0. The number of hydrogen-bond donors (Lipinski definition) is 1. The Morgan fingerprint density at radius 2 is 2.22 bits per heavy atom.